The Balaban J connectivity index is 1.39. The Hall–Kier alpha value is -4.24. The van der Waals surface area contributed by atoms with Crippen molar-refractivity contribution in [3.8, 4) is 5.75 Å². The van der Waals surface area contributed by atoms with Gasteiger partial charge in [-0.05, 0) is 48.7 Å². The van der Waals surface area contributed by atoms with Crippen molar-refractivity contribution in [2.75, 3.05) is 26.7 Å². The zero-order chi connectivity index (χ0) is 28.5. The number of hydrogen-bond donors (Lipinski definition) is 2. The molecule has 1 unspecified atom stereocenters. The molecule has 9 heteroatoms. The number of benzene rings is 3. The third-order valence-electron chi connectivity index (χ3n) is 7.59. The van der Waals surface area contributed by atoms with Gasteiger partial charge in [-0.25, -0.2) is 5.01 Å². The summed E-state index contributed by atoms with van der Waals surface area (Å²) >= 11 is 0. The van der Waals surface area contributed by atoms with Crippen molar-refractivity contribution < 1.29 is 19.1 Å². The maximum Gasteiger partial charge on any atom is 0.256 e. The summed E-state index contributed by atoms with van der Waals surface area (Å²) in [7, 11) is 1.65. The number of fused-ring (bicyclic) bond motifs is 2. The third-order valence-corrected chi connectivity index (χ3v) is 7.59. The first-order valence-corrected chi connectivity index (χ1v) is 13.5. The Bertz CT molecular complexity index is 1470. The summed E-state index contributed by atoms with van der Waals surface area (Å²) in [6.45, 7) is 3.62. The predicted molar refractivity (Wildman–Crippen MR) is 154 cm³/mol. The fourth-order valence-electron chi connectivity index (χ4n) is 5.39. The molecule has 3 aromatic carbocycles. The average molecular weight is 542 g/mol. The molecule has 0 aliphatic carbocycles. The first-order valence-electron chi connectivity index (χ1n) is 13.5. The lowest BCUT2D eigenvalue weighted by Crippen LogP contribution is -2.62. The van der Waals surface area contributed by atoms with Crippen molar-refractivity contribution in [2.45, 2.75) is 38.3 Å². The molecule has 1 saturated heterocycles. The zero-order valence-corrected chi connectivity index (χ0v) is 23.1. The van der Waals surface area contributed by atoms with Gasteiger partial charge in [-0.15, -0.1) is 0 Å². The minimum atomic E-state index is -1.19. The number of hydrazone groups is 1. The smallest absolute Gasteiger partial charge is 0.256 e. The average Bonchev–Trinajstić information content (AvgIpc) is 3.19. The number of likely N-dealkylation sites (tertiary alicyclic amines) is 1. The molecule has 3 amide bonds. The summed E-state index contributed by atoms with van der Waals surface area (Å²) < 4.78 is 6.05. The quantitative estimate of drug-likeness (QED) is 0.455. The van der Waals surface area contributed by atoms with Gasteiger partial charge >= 0.3 is 0 Å². The van der Waals surface area contributed by atoms with Gasteiger partial charge in [-0.1, -0.05) is 60.7 Å². The van der Waals surface area contributed by atoms with E-state index in [1.807, 2.05) is 72.8 Å². The van der Waals surface area contributed by atoms with Crippen LogP contribution >= 0.6 is 0 Å². The van der Waals surface area contributed by atoms with E-state index in [-0.39, 0.29) is 25.0 Å². The summed E-state index contributed by atoms with van der Waals surface area (Å²) in [5.74, 6) is -0.353. The Morgan fingerprint density at radius 1 is 1.07 bits per heavy atom. The van der Waals surface area contributed by atoms with Gasteiger partial charge in [0, 0.05) is 26.6 Å². The highest BCUT2D eigenvalue weighted by Gasteiger charge is 2.54. The van der Waals surface area contributed by atoms with E-state index in [4.69, 9.17) is 10.5 Å². The molecule has 1 fully saturated rings. The minimum absolute atomic E-state index is 0.0873. The van der Waals surface area contributed by atoms with Crippen molar-refractivity contribution in [3.63, 3.8) is 0 Å². The molecule has 40 heavy (non-hydrogen) atoms. The van der Waals surface area contributed by atoms with Gasteiger partial charge in [0.2, 0.25) is 11.8 Å². The number of amides is 3. The summed E-state index contributed by atoms with van der Waals surface area (Å²) in [6.07, 6.45) is 0.892. The summed E-state index contributed by atoms with van der Waals surface area (Å²) in [5, 5.41) is 10.8. The standard InChI is InChI=1S/C31H35N5O4/c1-30(2,32)28(38)33-25(19-40-24-14-13-22-11-7-8-12-23(22)17-24)27(37)36-16-15-26-31(20-36,29(39)35(3)34-26)18-21-9-5-4-6-10-21/h4-14,17,25H,15-16,18-20,32H2,1-3H3,(H,33,38)/t25?,31-/m1/s1. The van der Waals surface area contributed by atoms with E-state index in [9.17, 15) is 14.4 Å². The van der Waals surface area contributed by atoms with Crippen LogP contribution in [0.4, 0.5) is 0 Å². The van der Waals surface area contributed by atoms with Crippen LogP contribution in [0.1, 0.15) is 25.8 Å². The van der Waals surface area contributed by atoms with E-state index in [2.05, 4.69) is 10.4 Å². The van der Waals surface area contributed by atoms with Crippen LogP contribution in [-0.2, 0) is 20.8 Å². The van der Waals surface area contributed by atoms with Crippen molar-refractivity contribution in [1.82, 2.24) is 15.2 Å². The Morgan fingerprint density at radius 3 is 2.50 bits per heavy atom. The molecule has 9 nitrogen and oxygen atoms in total. The Morgan fingerprint density at radius 2 is 1.77 bits per heavy atom. The molecule has 2 aliphatic rings. The maximum atomic E-state index is 14.0. The second kappa shape index (κ2) is 10.7. The van der Waals surface area contributed by atoms with Gasteiger partial charge in [0.15, 0.2) is 0 Å². The topological polar surface area (TPSA) is 117 Å². The Kier molecular flexibility index (Phi) is 7.33. The summed E-state index contributed by atoms with van der Waals surface area (Å²) in [6, 6.07) is 22.3. The lowest BCUT2D eigenvalue weighted by atomic mass is 9.73. The molecular formula is C31H35N5O4. The van der Waals surface area contributed by atoms with Crippen molar-refractivity contribution in [3.05, 3.63) is 78.4 Å². The van der Waals surface area contributed by atoms with Gasteiger partial charge in [-0.3, -0.25) is 14.4 Å². The number of nitrogens with one attached hydrogen (secondary N) is 1. The largest absolute Gasteiger partial charge is 0.491 e. The molecule has 3 N–H and O–H groups in total. The molecule has 2 heterocycles. The molecule has 3 aromatic rings. The van der Waals surface area contributed by atoms with E-state index in [1.165, 1.54) is 5.01 Å². The highest BCUT2D eigenvalue weighted by molar-refractivity contribution is 6.13. The Labute approximate surface area is 234 Å². The maximum absolute atomic E-state index is 14.0. The number of carbonyl (C=O) groups excluding carboxylic acids is 3. The van der Waals surface area contributed by atoms with Gasteiger partial charge in [-0.2, -0.15) is 5.10 Å². The van der Waals surface area contributed by atoms with E-state index >= 15 is 0 Å². The van der Waals surface area contributed by atoms with E-state index < -0.39 is 22.9 Å². The number of nitrogens with two attached hydrogens (primary N) is 1. The first kappa shape index (κ1) is 27.3. The molecule has 2 aliphatic heterocycles. The predicted octanol–water partition coefficient (Wildman–Crippen LogP) is 2.73. The molecule has 0 radical (unpaired) electrons. The highest BCUT2D eigenvalue weighted by atomic mass is 16.5. The number of nitrogens with zero attached hydrogens (tertiary/aromatic N) is 3. The fraction of sp³-hybridized carbons (Fsp3) is 0.355. The molecule has 0 saturated carbocycles. The van der Waals surface area contributed by atoms with E-state index in [1.54, 1.807) is 25.8 Å². The third kappa shape index (κ3) is 5.42. The first-order chi connectivity index (χ1) is 19.1. The number of rotatable bonds is 8. The summed E-state index contributed by atoms with van der Waals surface area (Å²) in [5.41, 5.74) is 5.67. The van der Waals surface area contributed by atoms with Crippen LogP contribution in [0, 0.1) is 5.41 Å². The molecular weight excluding hydrogens is 506 g/mol. The van der Waals surface area contributed by atoms with Crippen LogP contribution in [0.2, 0.25) is 0 Å². The van der Waals surface area contributed by atoms with Crippen molar-refractivity contribution in [1.29, 1.82) is 0 Å². The molecule has 0 spiro atoms. The number of ether oxygens (including phenoxy) is 1. The lowest BCUT2D eigenvalue weighted by molar-refractivity contribution is -0.143. The van der Waals surface area contributed by atoms with Gasteiger partial charge in [0.25, 0.3) is 5.91 Å². The number of hydrogen-bond acceptors (Lipinski definition) is 6. The van der Waals surface area contributed by atoms with E-state index in [0.717, 1.165) is 22.0 Å². The van der Waals surface area contributed by atoms with Gasteiger partial charge in [0.1, 0.15) is 23.8 Å². The van der Waals surface area contributed by atoms with Crippen LogP contribution in [0.3, 0.4) is 0 Å². The second-order valence-corrected chi connectivity index (χ2v) is 11.2. The normalized spacial score (nSPS) is 19.7. The number of piperidine rings is 1. The summed E-state index contributed by atoms with van der Waals surface area (Å²) in [4.78, 5) is 42.0. The second-order valence-electron chi connectivity index (χ2n) is 11.2. The van der Waals surface area contributed by atoms with Gasteiger partial charge < -0.3 is 20.7 Å². The van der Waals surface area contributed by atoms with E-state index in [0.29, 0.717) is 25.1 Å². The monoisotopic (exact) mass is 541 g/mol. The van der Waals surface area contributed by atoms with Crippen LogP contribution < -0.4 is 15.8 Å². The zero-order valence-electron chi connectivity index (χ0n) is 23.1. The molecule has 0 aromatic heterocycles. The van der Waals surface area contributed by atoms with Crippen LogP contribution in [0.5, 0.6) is 5.75 Å². The van der Waals surface area contributed by atoms with Crippen LogP contribution in [-0.4, -0.2) is 71.7 Å². The fourth-order valence-corrected chi connectivity index (χ4v) is 5.39. The minimum Gasteiger partial charge on any atom is -0.491 e. The van der Waals surface area contributed by atoms with Crippen LogP contribution in [0.25, 0.3) is 10.8 Å². The van der Waals surface area contributed by atoms with Crippen molar-refractivity contribution in [2.24, 2.45) is 16.3 Å². The molecule has 208 valence electrons. The highest BCUT2D eigenvalue weighted by Crippen LogP contribution is 2.38. The molecule has 0 bridgehead atoms. The molecule has 2 atom stereocenters. The van der Waals surface area contributed by atoms with Crippen LogP contribution in [0.15, 0.2) is 77.9 Å². The molecule has 5 rings (SSSR count). The number of carbonyl (C=O) groups is 3. The van der Waals surface area contributed by atoms with Crippen molar-refractivity contribution >= 4 is 34.2 Å². The van der Waals surface area contributed by atoms with Gasteiger partial charge in [0.05, 0.1) is 11.3 Å². The SMILES string of the molecule is CN1N=C2CCN(C(=O)C(COc3ccc4ccccc4c3)NC(=O)C(C)(C)N)C[C@@]2(Cc2ccccc2)C1=O. The lowest BCUT2D eigenvalue weighted by Gasteiger charge is -2.40.